The minimum atomic E-state index is -1.82. The molecular formula is C19H14I2N2O5. The summed E-state index contributed by atoms with van der Waals surface area (Å²) in [6.45, 7) is 0. The molecule has 0 spiro atoms. The number of carbonyl (C=O) groups is 2. The number of ether oxygens (including phenoxy) is 1. The first-order valence-corrected chi connectivity index (χ1v) is 10.1. The molecule has 2 aromatic carbocycles. The van der Waals surface area contributed by atoms with Gasteiger partial charge in [-0.15, -0.1) is 0 Å². The fraction of sp³-hybridized carbons (Fsp3) is 0.105. The van der Waals surface area contributed by atoms with Gasteiger partial charge in [-0.1, -0.05) is 36.4 Å². The maximum atomic E-state index is 9.10. The zero-order valence-corrected chi connectivity index (χ0v) is 18.5. The number of carboxylic acid groups (broad SMARTS) is 2. The van der Waals surface area contributed by atoms with E-state index in [4.69, 9.17) is 24.5 Å². The second-order valence-electron chi connectivity index (χ2n) is 5.82. The van der Waals surface area contributed by atoms with Crippen molar-refractivity contribution in [1.29, 1.82) is 0 Å². The van der Waals surface area contributed by atoms with Crippen LogP contribution in [-0.4, -0.2) is 31.7 Å². The first-order chi connectivity index (χ1) is 13.4. The fourth-order valence-electron chi connectivity index (χ4n) is 2.86. The molecule has 0 aliphatic carbocycles. The van der Waals surface area contributed by atoms with E-state index in [9.17, 15) is 0 Å². The molecule has 1 fully saturated rings. The Hall–Kier alpha value is -1.99. The monoisotopic (exact) mass is 604 g/mol. The highest BCUT2D eigenvalue weighted by atomic mass is 127. The highest BCUT2D eigenvalue weighted by Crippen LogP contribution is 2.59. The quantitative estimate of drug-likeness (QED) is 0.269. The van der Waals surface area contributed by atoms with Gasteiger partial charge in [0, 0.05) is 25.1 Å². The van der Waals surface area contributed by atoms with Gasteiger partial charge in [0.1, 0.15) is 0 Å². The number of aromatic nitrogens is 2. The highest BCUT2D eigenvalue weighted by molar-refractivity contribution is 14.1. The molecule has 1 saturated heterocycles. The minimum absolute atomic E-state index is 0.0500. The first-order valence-electron chi connectivity index (χ1n) is 7.98. The van der Waals surface area contributed by atoms with Crippen LogP contribution in [0, 0.1) is 7.14 Å². The molecular weight excluding hydrogens is 590 g/mol. The Morgan fingerprint density at radius 1 is 1.07 bits per heavy atom. The van der Waals surface area contributed by atoms with Crippen LogP contribution in [0.2, 0.25) is 0 Å². The van der Waals surface area contributed by atoms with Crippen molar-refractivity contribution in [2.75, 3.05) is 0 Å². The molecule has 2 atom stereocenters. The predicted octanol–water partition coefficient (Wildman–Crippen LogP) is 3.72. The van der Waals surface area contributed by atoms with Crippen molar-refractivity contribution in [3.8, 4) is 0 Å². The van der Waals surface area contributed by atoms with Gasteiger partial charge >= 0.3 is 11.9 Å². The fourth-order valence-corrected chi connectivity index (χ4v) is 4.86. The lowest BCUT2D eigenvalue weighted by Gasteiger charge is -2.16. The SMILES string of the molecule is Ic1ccc(C2(c3ccccc3)OC2n2ccnc2)c(I)c1.O=C(O)C(=O)O. The van der Waals surface area contributed by atoms with Crippen molar-refractivity contribution in [3.63, 3.8) is 0 Å². The third-order valence-electron chi connectivity index (χ3n) is 4.10. The van der Waals surface area contributed by atoms with Crippen molar-refractivity contribution in [1.82, 2.24) is 9.55 Å². The van der Waals surface area contributed by atoms with E-state index in [-0.39, 0.29) is 6.23 Å². The molecule has 2 unspecified atom stereocenters. The Labute approximate surface area is 187 Å². The molecule has 2 heterocycles. The minimum Gasteiger partial charge on any atom is -0.473 e. The third kappa shape index (κ3) is 4.20. The van der Waals surface area contributed by atoms with Crippen molar-refractivity contribution >= 4 is 57.1 Å². The second kappa shape index (κ2) is 8.57. The average molecular weight is 604 g/mol. The molecule has 0 amide bonds. The number of carboxylic acids is 2. The Morgan fingerprint density at radius 2 is 1.75 bits per heavy atom. The Kier molecular flexibility index (Phi) is 6.35. The summed E-state index contributed by atoms with van der Waals surface area (Å²) in [5, 5.41) is 14.8. The highest BCUT2D eigenvalue weighted by Gasteiger charge is 2.61. The van der Waals surface area contributed by atoms with Gasteiger partial charge in [0.05, 0.1) is 6.33 Å². The number of aliphatic carboxylic acids is 2. The van der Waals surface area contributed by atoms with E-state index in [0.717, 1.165) is 0 Å². The number of hydrogen-bond acceptors (Lipinski definition) is 4. The summed E-state index contributed by atoms with van der Waals surface area (Å²) in [7, 11) is 0. The maximum Gasteiger partial charge on any atom is 0.414 e. The molecule has 7 nitrogen and oxygen atoms in total. The lowest BCUT2D eigenvalue weighted by Crippen LogP contribution is -2.16. The summed E-state index contributed by atoms with van der Waals surface area (Å²) in [5.74, 6) is -3.65. The molecule has 144 valence electrons. The molecule has 2 N–H and O–H groups in total. The smallest absolute Gasteiger partial charge is 0.414 e. The zero-order valence-electron chi connectivity index (χ0n) is 14.2. The number of hydrogen-bond donors (Lipinski definition) is 2. The molecule has 0 radical (unpaired) electrons. The summed E-state index contributed by atoms with van der Waals surface area (Å²) in [6.07, 6.45) is 5.51. The van der Waals surface area contributed by atoms with Crippen LogP contribution in [0.3, 0.4) is 0 Å². The van der Waals surface area contributed by atoms with Crippen molar-refractivity contribution in [2.24, 2.45) is 0 Å². The standard InChI is InChI=1S/C17H12I2N2O.C2H2O4/c18-13-6-7-14(15(19)10-13)17(12-4-2-1-3-5-12)16(22-17)21-9-8-20-11-21;3-1(4)2(5)6/h1-11,16H;(H,3,4)(H,5,6). The Balaban J connectivity index is 0.000000330. The molecule has 0 saturated carbocycles. The predicted molar refractivity (Wildman–Crippen MR) is 117 cm³/mol. The number of benzene rings is 2. The van der Waals surface area contributed by atoms with Crippen LogP contribution in [0.15, 0.2) is 67.3 Å². The van der Waals surface area contributed by atoms with E-state index in [1.54, 1.807) is 6.20 Å². The van der Waals surface area contributed by atoms with Crippen LogP contribution >= 0.6 is 45.2 Å². The summed E-state index contributed by atoms with van der Waals surface area (Å²) in [6, 6.07) is 16.9. The molecule has 28 heavy (non-hydrogen) atoms. The zero-order chi connectivity index (χ0) is 20.3. The van der Waals surface area contributed by atoms with Crippen molar-refractivity contribution in [3.05, 3.63) is 85.5 Å². The number of epoxide rings is 1. The van der Waals surface area contributed by atoms with Crippen LogP contribution in [0.25, 0.3) is 0 Å². The Bertz CT molecular complexity index is 983. The van der Waals surface area contributed by atoms with Gasteiger partial charge in [-0.05, 0) is 62.9 Å². The van der Waals surface area contributed by atoms with Gasteiger partial charge in [0.15, 0.2) is 11.8 Å². The molecule has 1 aromatic heterocycles. The van der Waals surface area contributed by atoms with E-state index in [2.05, 4.69) is 92.6 Å². The number of nitrogens with zero attached hydrogens (tertiary/aromatic N) is 2. The number of rotatable bonds is 3. The Morgan fingerprint density at radius 3 is 2.29 bits per heavy atom. The summed E-state index contributed by atoms with van der Waals surface area (Å²) >= 11 is 4.74. The van der Waals surface area contributed by atoms with Crippen LogP contribution in [0.5, 0.6) is 0 Å². The van der Waals surface area contributed by atoms with Crippen LogP contribution in [0.1, 0.15) is 17.4 Å². The second-order valence-corrected chi connectivity index (χ2v) is 8.22. The number of imidazole rings is 1. The van der Waals surface area contributed by atoms with Gasteiger partial charge < -0.3 is 19.5 Å². The summed E-state index contributed by atoms with van der Waals surface area (Å²) in [5.41, 5.74) is 1.95. The molecule has 1 aliphatic heterocycles. The van der Waals surface area contributed by atoms with Gasteiger partial charge in [-0.2, -0.15) is 0 Å². The van der Waals surface area contributed by atoms with Crippen molar-refractivity contribution < 1.29 is 24.5 Å². The summed E-state index contributed by atoms with van der Waals surface area (Å²) < 4.78 is 10.7. The van der Waals surface area contributed by atoms with Gasteiger partial charge in [-0.3, -0.25) is 0 Å². The molecule has 9 heteroatoms. The third-order valence-corrected chi connectivity index (χ3v) is 5.66. The number of halogens is 2. The first kappa shape index (κ1) is 20.7. The average Bonchev–Trinajstić information content (AvgIpc) is 3.17. The largest absolute Gasteiger partial charge is 0.473 e. The van der Waals surface area contributed by atoms with Gasteiger partial charge in [-0.25, -0.2) is 14.6 Å². The molecule has 1 aliphatic rings. The summed E-state index contributed by atoms with van der Waals surface area (Å²) in [4.78, 5) is 22.4. The van der Waals surface area contributed by atoms with E-state index >= 15 is 0 Å². The van der Waals surface area contributed by atoms with Crippen LogP contribution in [-0.2, 0) is 19.9 Å². The molecule has 4 rings (SSSR count). The van der Waals surface area contributed by atoms with Crippen LogP contribution < -0.4 is 0 Å². The lowest BCUT2D eigenvalue weighted by atomic mass is 9.90. The van der Waals surface area contributed by atoms with Crippen molar-refractivity contribution in [2.45, 2.75) is 11.8 Å². The lowest BCUT2D eigenvalue weighted by molar-refractivity contribution is -0.159. The maximum absolute atomic E-state index is 9.10. The van der Waals surface area contributed by atoms with E-state index in [1.807, 2.05) is 23.2 Å². The van der Waals surface area contributed by atoms with Gasteiger partial charge in [0.25, 0.3) is 0 Å². The van der Waals surface area contributed by atoms with E-state index < -0.39 is 17.5 Å². The topological polar surface area (TPSA) is 105 Å². The molecule has 3 aromatic rings. The normalized spacial score (nSPS) is 20.0. The van der Waals surface area contributed by atoms with Crippen LogP contribution in [0.4, 0.5) is 0 Å². The van der Waals surface area contributed by atoms with E-state index in [0.29, 0.717) is 0 Å². The van der Waals surface area contributed by atoms with Gasteiger partial charge in [0.2, 0.25) is 0 Å². The van der Waals surface area contributed by atoms with E-state index in [1.165, 1.54) is 18.3 Å². The molecule has 0 bridgehead atoms.